The molecule has 0 saturated carbocycles. The van der Waals surface area contributed by atoms with Gasteiger partial charge in [0.05, 0.1) is 5.54 Å². The van der Waals surface area contributed by atoms with Gasteiger partial charge in [0.1, 0.15) is 0 Å². The van der Waals surface area contributed by atoms with Gasteiger partial charge in [0.15, 0.2) is 5.96 Å². The molecule has 0 spiro atoms. The van der Waals surface area contributed by atoms with Crippen molar-refractivity contribution in [1.82, 2.24) is 9.80 Å². The minimum atomic E-state index is 0.0886. The highest BCUT2D eigenvalue weighted by molar-refractivity contribution is 5.79. The Balaban J connectivity index is 4.83. The van der Waals surface area contributed by atoms with Crippen LogP contribution in [0.3, 0.4) is 0 Å². The number of aliphatic imine (C=N–C) groups is 1. The smallest absolute Gasteiger partial charge is 0.196 e. The van der Waals surface area contributed by atoms with Gasteiger partial charge in [-0.15, -0.1) is 0 Å². The second-order valence-corrected chi connectivity index (χ2v) is 7.32. The predicted octanol–water partition coefficient (Wildman–Crippen LogP) is 5.17. The van der Waals surface area contributed by atoms with Crippen LogP contribution in [0.5, 0.6) is 0 Å². The summed E-state index contributed by atoms with van der Waals surface area (Å²) in [6.07, 6.45) is 13.0. The summed E-state index contributed by atoms with van der Waals surface area (Å²) in [5.41, 5.74) is 0.0886. The lowest BCUT2D eigenvalue weighted by atomic mass is 9.89. The van der Waals surface area contributed by atoms with Gasteiger partial charge in [0.2, 0.25) is 0 Å². The van der Waals surface area contributed by atoms with Crippen LogP contribution in [0.2, 0.25) is 0 Å². The Morgan fingerprint density at radius 3 is 1.45 bits per heavy atom. The van der Waals surface area contributed by atoms with Crippen LogP contribution < -0.4 is 0 Å². The Bertz CT molecular complexity index is 273. The van der Waals surface area contributed by atoms with Crippen molar-refractivity contribution in [2.75, 3.05) is 28.2 Å². The summed E-state index contributed by atoms with van der Waals surface area (Å²) >= 11 is 0. The molecule has 0 unspecified atom stereocenters. The molecular weight excluding hydrogens is 270 g/mol. The van der Waals surface area contributed by atoms with E-state index in [9.17, 15) is 0 Å². The van der Waals surface area contributed by atoms with Gasteiger partial charge in [-0.1, -0.05) is 65.2 Å². The first-order valence-electron chi connectivity index (χ1n) is 9.30. The molecule has 0 bridgehead atoms. The number of hydrogen-bond acceptors (Lipinski definition) is 1. The minimum absolute atomic E-state index is 0.0886. The van der Waals surface area contributed by atoms with E-state index in [1.54, 1.807) is 0 Å². The van der Waals surface area contributed by atoms with Crippen LogP contribution >= 0.6 is 0 Å². The van der Waals surface area contributed by atoms with Crippen molar-refractivity contribution in [3.63, 3.8) is 0 Å². The molecule has 0 heterocycles. The van der Waals surface area contributed by atoms with E-state index in [1.165, 1.54) is 64.2 Å². The topological polar surface area (TPSA) is 18.8 Å². The molecule has 0 aliphatic heterocycles. The third kappa shape index (κ3) is 9.32. The molecule has 132 valence electrons. The zero-order valence-corrected chi connectivity index (χ0v) is 16.4. The molecule has 0 aliphatic rings. The van der Waals surface area contributed by atoms with Crippen molar-refractivity contribution in [3.8, 4) is 0 Å². The third-order valence-corrected chi connectivity index (χ3v) is 4.31. The standard InChI is InChI=1S/C19H41N3/c1-8-10-12-14-16-19(3,17-15-13-11-9-2)20-18(21(4)5)22(6)7/h8-17H2,1-7H3. The first-order valence-corrected chi connectivity index (χ1v) is 9.30. The highest BCUT2D eigenvalue weighted by Gasteiger charge is 2.24. The normalized spacial score (nSPS) is 11.4. The van der Waals surface area contributed by atoms with E-state index in [0.29, 0.717) is 0 Å². The summed E-state index contributed by atoms with van der Waals surface area (Å²) in [4.78, 5) is 9.44. The van der Waals surface area contributed by atoms with Gasteiger partial charge in [-0.05, 0) is 19.8 Å². The zero-order chi connectivity index (χ0) is 17.0. The van der Waals surface area contributed by atoms with Crippen LogP contribution in [-0.2, 0) is 0 Å². The molecule has 0 radical (unpaired) electrons. The fourth-order valence-corrected chi connectivity index (χ4v) is 2.94. The van der Waals surface area contributed by atoms with Crippen molar-refractivity contribution >= 4 is 5.96 Å². The van der Waals surface area contributed by atoms with Crippen LogP contribution in [0.15, 0.2) is 4.99 Å². The molecule has 0 aliphatic carbocycles. The molecule has 0 fully saturated rings. The fourth-order valence-electron chi connectivity index (χ4n) is 2.94. The fraction of sp³-hybridized carbons (Fsp3) is 0.947. The number of unbranched alkanes of at least 4 members (excludes halogenated alkanes) is 6. The van der Waals surface area contributed by atoms with E-state index in [2.05, 4.69) is 58.8 Å². The quantitative estimate of drug-likeness (QED) is 0.298. The molecule has 0 aromatic rings. The van der Waals surface area contributed by atoms with Crippen LogP contribution in [-0.4, -0.2) is 49.5 Å². The Kier molecular flexibility index (Phi) is 11.4. The van der Waals surface area contributed by atoms with Gasteiger partial charge in [0.25, 0.3) is 0 Å². The molecule has 0 atom stereocenters. The molecule has 0 amide bonds. The third-order valence-electron chi connectivity index (χ3n) is 4.31. The molecule has 0 saturated heterocycles. The van der Waals surface area contributed by atoms with E-state index in [-0.39, 0.29) is 5.54 Å². The Morgan fingerprint density at radius 1 is 0.727 bits per heavy atom. The number of guanidine groups is 1. The maximum absolute atomic E-state index is 5.17. The average molecular weight is 312 g/mol. The molecule has 3 nitrogen and oxygen atoms in total. The van der Waals surface area contributed by atoms with E-state index in [0.717, 1.165) is 5.96 Å². The largest absolute Gasteiger partial charge is 0.349 e. The van der Waals surface area contributed by atoms with Gasteiger partial charge >= 0.3 is 0 Å². The Labute approximate surface area is 140 Å². The minimum Gasteiger partial charge on any atom is -0.349 e. The number of rotatable bonds is 11. The first kappa shape index (κ1) is 21.3. The van der Waals surface area contributed by atoms with Gasteiger partial charge in [-0.25, -0.2) is 4.99 Å². The predicted molar refractivity (Wildman–Crippen MR) is 101 cm³/mol. The lowest BCUT2D eigenvalue weighted by molar-refractivity contribution is 0.352. The molecule has 3 heteroatoms. The maximum atomic E-state index is 5.17. The molecule has 0 N–H and O–H groups in total. The van der Waals surface area contributed by atoms with E-state index in [4.69, 9.17) is 4.99 Å². The summed E-state index contributed by atoms with van der Waals surface area (Å²) in [5.74, 6) is 1.09. The first-order chi connectivity index (χ1) is 10.4. The van der Waals surface area contributed by atoms with Gasteiger partial charge < -0.3 is 9.80 Å². The Morgan fingerprint density at radius 2 is 1.14 bits per heavy atom. The van der Waals surface area contributed by atoms with Crippen LogP contribution in [0.4, 0.5) is 0 Å². The molecular formula is C19H41N3. The lowest BCUT2D eigenvalue weighted by Crippen LogP contribution is -2.39. The second kappa shape index (κ2) is 11.8. The molecule has 22 heavy (non-hydrogen) atoms. The summed E-state index contributed by atoms with van der Waals surface area (Å²) in [7, 11) is 8.36. The number of nitrogens with zero attached hydrogens (tertiary/aromatic N) is 3. The number of hydrogen-bond donors (Lipinski definition) is 0. The van der Waals surface area contributed by atoms with Gasteiger partial charge in [-0.3, -0.25) is 0 Å². The SMILES string of the molecule is CCCCCCC(C)(CCCCCC)N=C(N(C)C)N(C)C. The van der Waals surface area contributed by atoms with Crippen molar-refractivity contribution < 1.29 is 0 Å². The highest BCUT2D eigenvalue weighted by atomic mass is 15.3. The summed E-state index contributed by atoms with van der Waals surface area (Å²) in [6, 6.07) is 0. The highest BCUT2D eigenvalue weighted by Crippen LogP contribution is 2.27. The second-order valence-electron chi connectivity index (χ2n) is 7.32. The lowest BCUT2D eigenvalue weighted by Gasteiger charge is -2.31. The van der Waals surface area contributed by atoms with Crippen LogP contribution in [0, 0.1) is 0 Å². The molecule has 0 aromatic carbocycles. The summed E-state index contributed by atoms with van der Waals surface area (Å²) < 4.78 is 0. The van der Waals surface area contributed by atoms with Gasteiger partial charge in [0, 0.05) is 28.2 Å². The monoisotopic (exact) mass is 311 g/mol. The van der Waals surface area contributed by atoms with Crippen LogP contribution in [0.1, 0.15) is 85.0 Å². The average Bonchev–Trinajstić information content (AvgIpc) is 2.45. The van der Waals surface area contributed by atoms with Crippen LogP contribution in [0.25, 0.3) is 0 Å². The summed E-state index contributed by atoms with van der Waals surface area (Å²) in [5, 5.41) is 0. The molecule has 0 aromatic heterocycles. The van der Waals surface area contributed by atoms with Crippen molar-refractivity contribution in [2.24, 2.45) is 4.99 Å². The van der Waals surface area contributed by atoms with Gasteiger partial charge in [-0.2, -0.15) is 0 Å². The maximum Gasteiger partial charge on any atom is 0.196 e. The van der Waals surface area contributed by atoms with Crippen molar-refractivity contribution in [1.29, 1.82) is 0 Å². The Hall–Kier alpha value is -0.730. The zero-order valence-electron chi connectivity index (χ0n) is 16.4. The van der Waals surface area contributed by atoms with E-state index >= 15 is 0 Å². The van der Waals surface area contributed by atoms with Crippen molar-refractivity contribution in [2.45, 2.75) is 90.5 Å². The van der Waals surface area contributed by atoms with E-state index < -0.39 is 0 Å². The molecule has 0 rings (SSSR count). The van der Waals surface area contributed by atoms with E-state index in [1.807, 2.05) is 0 Å². The summed E-state index contributed by atoms with van der Waals surface area (Å²) in [6.45, 7) is 6.91. The van der Waals surface area contributed by atoms with Crippen molar-refractivity contribution in [3.05, 3.63) is 0 Å².